The van der Waals surface area contributed by atoms with Crippen molar-refractivity contribution in [3.05, 3.63) is 49.1 Å². The van der Waals surface area contributed by atoms with Gasteiger partial charge >= 0.3 is 0 Å². The standard InChI is InChI=1S/C24H23N5O2S/c1-25-24-22-19(9-21(31-22)18-4-2-3-14-11-28-32-23(14)18)20(12-26-24)15-10-27-29(13-15)16-5-7-17(30)8-6-16/h2-4,9-13,16-17,30H,5-8H2,1H3,(H,25,26). The van der Waals surface area contributed by atoms with Crippen LogP contribution in [0.25, 0.3) is 43.5 Å². The maximum Gasteiger partial charge on any atom is 0.177 e. The number of nitrogens with zero attached hydrogens (tertiary/aromatic N) is 4. The predicted octanol–water partition coefficient (Wildman–Crippen LogP) is 5.49. The van der Waals surface area contributed by atoms with Crippen LogP contribution < -0.4 is 5.32 Å². The smallest absolute Gasteiger partial charge is 0.177 e. The van der Waals surface area contributed by atoms with Crippen molar-refractivity contribution in [2.24, 2.45) is 0 Å². The fraction of sp³-hybridized carbons (Fsp3) is 0.292. The van der Waals surface area contributed by atoms with Crippen LogP contribution in [-0.4, -0.2) is 37.4 Å². The van der Waals surface area contributed by atoms with E-state index in [-0.39, 0.29) is 6.10 Å². The average molecular weight is 446 g/mol. The Balaban J connectivity index is 1.45. The highest BCUT2D eigenvalue weighted by molar-refractivity contribution is 7.13. The fourth-order valence-corrected chi connectivity index (χ4v) is 5.42. The van der Waals surface area contributed by atoms with Crippen molar-refractivity contribution in [3.8, 4) is 22.5 Å². The molecular formula is C24H23N5O2S. The molecule has 6 rings (SSSR count). The lowest BCUT2D eigenvalue weighted by Crippen LogP contribution is -2.21. The SMILES string of the molecule is CNc1ncc(-c2cnn(C3CCC(O)CC3)c2)c2cc(-c3cccc4cnsc34)oc12. The Labute approximate surface area is 188 Å². The van der Waals surface area contributed by atoms with E-state index in [9.17, 15) is 5.11 Å². The molecule has 7 nitrogen and oxygen atoms in total. The van der Waals surface area contributed by atoms with Crippen LogP contribution in [-0.2, 0) is 0 Å². The molecule has 0 amide bonds. The Kier molecular flexibility index (Phi) is 4.69. The lowest BCUT2D eigenvalue weighted by atomic mass is 9.93. The van der Waals surface area contributed by atoms with E-state index >= 15 is 0 Å². The van der Waals surface area contributed by atoms with Gasteiger partial charge in [-0.3, -0.25) is 4.68 Å². The van der Waals surface area contributed by atoms with Gasteiger partial charge < -0.3 is 14.8 Å². The van der Waals surface area contributed by atoms with Crippen molar-refractivity contribution in [1.82, 2.24) is 19.1 Å². The molecule has 0 bridgehead atoms. The fourth-order valence-electron chi connectivity index (χ4n) is 4.65. The number of nitrogens with one attached hydrogen (secondary N) is 1. The number of furan rings is 1. The van der Waals surface area contributed by atoms with Gasteiger partial charge in [0, 0.05) is 53.1 Å². The summed E-state index contributed by atoms with van der Waals surface area (Å²) in [4.78, 5) is 4.61. The number of rotatable bonds is 4. The third kappa shape index (κ3) is 3.18. The Hall–Kier alpha value is -3.23. The first-order valence-corrected chi connectivity index (χ1v) is 11.7. The van der Waals surface area contributed by atoms with Gasteiger partial charge in [0.2, 0.25) is 0 Å². The van der Waals surface area contributed by atoms with Crippen LogP contribution in [0.5, 0.6) is 0 Å². The van der Waals surface area contributed by atoms with E-state index in [0.717, 1.165) is 69.2 Å². The first kappa shape index (κ1) is 19.5. The molecule has 0 spiro atoms. The number of hydrogen-bond acceptors (Lipinski definition) is 7. The van der Waals surface area contributed by atoms with E-state index in [0.29, 0.717) is 11.9 Å². The van der Waals surface area contributed by atoms with Gasteiger partial charge in [-0.05, 0) is 49.3 Å². The van der Waals surface area contributed by atoms with Crippen molar-refractivity contribution in [3.63, 3.8) is 0 Å². The topological polar surface area (TPSA) is 89.0 Å². The summed E-state index contributed by atoms with van der Waals surface area (Å²) >= 11 is 1.48. The number of aromatic nitrogens is 4. The third-order valence-corrected chi connectivity index (χ3v) is 7.25. The van der Waals surface area contributed by atoms with Gasteiger partial charge in [-0.25, -0.2) is 4.98 Å². The summed E-state index contributed by atoms with van der Waals surface area (Å²) in [6.45, 7) is 0. The van der Waals surface area contributed by atoms with Crippen molar-refractivity contribution >= 4 is 38.4 Å². The molecule has 0 aliphatic heterocycles. The molecule has 0 unspecified atom stereocenters. The zero-order valence-electron chi connectivity index (χ0n) is 17.7. The predicted molar refractivity (Wildman–Crippen MR) is 127 cm³/mol. The molecule has 8 heteroatoms. The first-order valence-electron chi connectivity index (χ1n) is 10.9. The van der Waals surface area contributed by atoms with E-state index in [1.807, 2.05) is 36.4 Å². The van der Waals surface area contributed by atoms with E-state index in [2.05, 4.69) is 44.2 Å². The van der Waals surface area contributed by atoms with Crippen molar-refractivity contribution < 1.29 is 9.52 Å². The molecule has 4 aromatic heterocycles. The molecule has 5 aromatic rings. The quantitative estimate of drug-likeness (QED) is 0.380. The van der Waals surface area contributed by atoms with Gasteiger partial charge in [-0.2, -0.15) is 9.47 Å². The normalized spacial score (nSPS) is 19.1. The van der Waals surface area contributed by atoms with Gasteiger partial charge in [0.1, 0.15) is 5.76 Å². The monoisotopic (exact) mass is 445 g/mol. The highest BCUT2D eigenvalue weighted by Gasteiger charge is 2.23. The molecule has 32 heavy (non-hydrogen) atoms. The number of fused-ring (bicyclic) bond motifs is 2. The third-order valence-electron chi connectivity index (χ3n) is 6.40. The van der Waals surface area contributed by atoms with Crippen LogP contribution in [0.15, 0.2) is 53.5 Å². The summed E-state index contributed by atoms with van der Waals surface area (Å²) in [5, 5.41) is 19.7. The van der Waals surface area contributed by atoms with Crippen LogP contribution in [0.2, 0.25) is 0 Å². The summed E-state index contributed by atoms with van der Waals surface area (Å²) < 4.78 is 13.8. The van der Waals surface area contributed by atoms with Crippen LogP contribution in [0.4, 0.5) is 5.82 Å². The number of pyridine rings is 1. The molecule has 4 heterocycles. The Bertz CT molecular complexity index is 1410. The highest BCUT2D eigenvalue weighted by atomic mass is 32.1. The van der Waals surface area contributed by atoms with E-state index < -0.39 is 0 Å². The molecule has 1 aromatic carbocycles. The molecule has 1 saturated carbocycles. The molecular weight excluding hydrogens is 422 g/mol. The second-order valence-corrected chi connectivity index (χ2v) is 9.15. The van der Waals surface area contributed by atoms with Gasteiger partial charge in [0.15, 0.2) is 11.4 Å². The lowest BCUT2D eigenvalue weighted by molar-refractivity contribution is 0.108. The molecule has 1 fully saturated rings. The van der Waals surface area contributed by atoms with E-state index in [4.69, 9.17) is 4.42 Å². The number of aliphatic hydroxyl groups is 1. The molecule has 1 aliphatic carbocycles. The summed E-state index contributed by atoms with van der Waals surface area (Å²) in [6, 6.07) is 8.59. The summed E-state index contributed by atoms with van der Waals surface area (Å²) in [7, 11) is 1.85. The van der Waals surface area contributed by atoms with Crippen molar-refractivity contribution in [2.45, 2.75) is 37.8 Å². The minimum Gasteiger partial charge on any atom is -0.452 e. The molecule has 162 valence electrons. The molecule has 0 atom stereocenters. The zero-order chi connectivity index (χ0) is 21.7. The molecule has 2 N–H and O–H groups in total. The average Bonchev–Trinajstić information content (AvgIpc) is 3.57. The number of aliphatic hydroxyl groups excluding tert-OH is 1. The van der Waals surface area contributed by atoms with Gasteiger partial charge in [-0.1, -0.05) is 12.1 Å². The molecule has 1 aliphatic rings. The summed E-state index contributed by atoms with van der Waals surface area (Å²) in [5.41, 5.74) is 3.77. The van der Waals surface area contributed by atoms with Gasteiger partial charge in [-0.15, -0.1) is 0 Å². The van der Waals surface area contributed by atoms with Crippen LogP contribution in [0.3, 0.4) is 0 Å². The lowest BCUT2D eigenvalue weighted by Gasteiger charge is -2.25. The first-order chi connectivity index (χ1) is 15.7. The Morgan fingerprint density at radius 2 is 2.00 bits per heavy atom. The van der Waals surface area contributed by atoms with E-state index in [1.54, 1.807) is 0 Å². The van der Waals surface area contributed by atoms with Crippen molar-refractivity contribution in [1.29, 1.82) is 0 Å². The maximum atomic E-state index is 9.82. The second-order valence-electron chi connectivity index (χ2n) is 8.35. The van der Waals surface area contributed by atoms with Crippen LogP contribution >= 0.6 is 11.5 Å². The Morgan fingerprint density at radius 1 is 1.12 bits per heavy atom. The van der Waals surface area contributed by atoms with Crippen LogP contribution in [0.1, 0.15) is 31.7 Å². The van der Waals surface area contributed by atoms with E-state index in [1.165, 1.54) is 11.5 Å². The van der Waals surface area contributed by atoms with Gasteiger partial charge in [0.25, 0.3) is 0 Å². The number of anilines is 1. The second kappa shape index (κ2) is 7.72. The number of benzene rings is 1. The van der Waals surface area contributed by atoms with Gasteiger partial charge in [0.05, 0.1) is 23.0 Å². The minimum absolute atomic E-state index is 0.174. The van der Waals surface area contributed by atoms with Crippen LogP contribution in [0, 0.1) is 0 Å². The highest BCUT2D eigenvalue weighted by Crippen LogP contribution is 2.40. The molecule has 0 radical (unpaired) electrons. The molecule has 0 saturated heterocycles. The summed E-state index contributed by atoms with van der Waals surface area (Å²) in [6.07, 6.45) is 11.1. The number of hydrogen-bond donors (Lipinski definition) is 2. The zero-order valence-corrected chi connectivity index (χ0v) is 18.5. The largest absolute Gasteiger partial charge is 0.452 e. The minimum atomic E-state index is -0.174. The Morgan fingerprint density at radius 3 is 2.84 bits per heavy atom. The van der Waals surface area contributed by atoms with Crippen molar-refractivity contribution in [2.75, 3.05) is 12.4 Å². The maximum absolute atomic E-state index is 9.82. The summed E-state index contributed by atoms with van der Waals surface area (Å²) in [5.74, 6) is 1.51.